The molecule has 2 saturated heterocycles. The minimum absolute atomic E-state index is 0. The van der Waals surface area contributed by atoms with E-state index in [0.717, 1.165) is 19.5 Å². The molecule has 0 aliphatic carbocycles. The van der Waals surface area contributed by atoms with Crippen molar-refractivity contribution < 1.29 is 13.9 Å². The highest BCUT2D eigenvalue weighted by atomic mass is 35.5. The number of nitrogens with one attached hydrogen (secondary N) is 2. The largest absolute Gasteiger partial charge is 0.379 e. The van der Waals surface area contributed by atoms with Crippen LogP contribution in [0.5, 0.6) is 0 Å². The summed E-state index contributed by atoms with van der Waals surface area (Å²) in [6.07, 6.45) is 0.935. The first-order valence-electron chi connectivity index (χ1n) is 7.82. The van der Waals surface area contributed by atoms with E-state index < -0.39 is 6.04 Å². The number of rotatable bonds is 4. The van der Waals surface area contributed by atoms with E-state index in [1.54, 1.807) is 6.07 Å². The van der Waals surface area contributed by atoms with Crippen molar-refractivity contribution in [2.75, 3.05) is 39.4 Å². The standard InChI is InChI=1S/C16H22FN3O2.2ClH/c17-13-3-1-2-12(10-13)15(20-6-8-22-9-7-20)16(21)19-14-4-5-18-11-14;;/h1-3,10,14-15,18H,4-9,11H2,(H,19,21);2*1H. The fourth-order valence-corrected chi connectivity index (χ4v) is 3.10. The van der Waals surface area contributed by atoms with Gasteiger partial charge in [0.1, 0.15) is 11.9 Å². The van der Waals surface area contributed by atoms with Crippen LogP contribution in [0.2, 0.25) is 0 Å². The van der Waals surface area contributed by atoms with Crippen molar-refractivity contribution in [1.29, 1.82) is 0 Å². The molecule has 24 heavy (non-hydrogen) atoms. The Hall–Kier alpha value is -0.920. The quantitative estimate of drug-likeness (QED) is 0.832. The molecule has 5 nitrogen and oxygen atoms in total. The Balaban J connectivity index is 0.00000144. The van der Waals surface area contributed by atoms with Gasteiger partial charge in [-0.15, -0.1) is 24.8 Å². The molecular weight excluding hydrogens is 356 g/mol. The minimum Gasteiger partial charge on any atom is -0.379 e. The van der Waals surface area contributed by atoms with Gasteiger partial charge >= 0.3 is 0 Å². The number of carbonyl (C=O) groups excluding carboxylic acids is 1. The molecule has 8 heteroatoms. The summed E-state index contributed by atoms with van der Waals surface area (Å²) < 4.78 is 18.9. The van der Waals surface area contributed by atoms with Crippen LogP contribution in [0.1, 0.15) is 18.0 Å². The normalized spacial score (nSPS) is 22.1. The monoisotopic (exact) mass is 379 g/mol. The van der Waals surface area contributed by atoms with Crippen LogP contribution in [-0.2, 0) is 9.53 Å². The van der Waals surface area contributed by atoms with Gasteiger partial charge in [-0.3, -0.25) is 9.69 Å². The number of morpholine rings is 1. The topological polar surface area (TPSA) is 53.6 Å². The van der Waals surface area contributed by atoms with Crippen LogP contribution >= 0.6 is 24.8 Å². The first kappa shape index (κ1) is 21.1. The van der Waals surface area contributed by atoms with Crippen molar-refractivity contribution in [3.05, 3.63) is 35.6 Å². The van der Waals surface area contributed by atoms with E-state index in [1.165, 1.54) is 12.1 Å². The van der Waals surface area contributed by atoms with E-state index >= 15 is 0 Å². The predicted molar refractivity (Wildman–Crippen MR) is 95.4 cm³/mol. The minimum atomic E-state index is -0.458. The Morgan fingerprint density at radius 1 is 1.33 bits per heavy atom. The fraction of sp³-hybridized carbons (Fsp3) is 0.562. The van der Waals surface area contributed by atoms with Gasteiger partial charge in [0.2, 0.25) is 5.91 Å². The molecule has 2 unspecified atom stereocenters. The van der Waals surface area contributed by atoms with Gasteiger partial charge in [0.15, 0.2) is 0 Å². The summed E-state index contributed by atoms with van der Waals surface area (Å²) in [4.78, 5) is 14.8. The van der Waals surface area contributed by atoms with Crippen LogP contribution in [-0.4, -0.2) is 56.2 Å². The van der Waals surface area contributed by atoms with E-state index in [4.69, 9.17) is 4.74 Å². The summed E-state index contributed by atoms with van der Waals surface area (Å²) in [5.41, 5.74) is 0.699. The molecule has 0 spiro atoms. The molecule has 2 atom stereocenters. The summed E-state index contributed by atoms with van der Waals surface area (Å²) >= 11 is 0. The zero-order valence-corrected chi connectivity index (χ0v) is 15.0. The van der Waals surface area contributed by atoms with Crippen molar-refractivity contribution in [3.8, 4) is 0 Å². The number of hydrogen-bond acceptors (Lipinski definition) is 4. The maximum Gasteiger partial charge on any atom is 0.242 e. The highest BCUT2D eigenvalue weighted by Gasteiger charge is 2.31. The molecule has 2 aliphatic rings. The Kier molecular flexibility index (Phi) is 8.94. The molecule has 0 radical (unpaired) electrons. The SMILES string of the molecule is Cl.Cl.O=C(NC1CCNC1)C(c1cccc(F)c1)N1CCOCC1. The van der Waals surface area contributed by atoms with Crippen LogP contribution in [0.3, 0.4) is 0 Å². The summed E-state index contributed by atoms with van der Waals surface area (Å²) in [6, 6.07) is 6.02. The Bertz CT molecular complexity index is 524. The molecule has 0 aromatic heterocycles. The van der Waals surface area contributed by atoms with Crippen LogP contribution in [0.4, 0.5) is 4.39 Å². The van der Waals surface area contributed by atoms with Gasteiger partial charge in [0.25, 0.3) is 0 Å². The van der Waals surface area contributed by atoms with Crippen molar-refractivity contribution in [2.24, 2.45) is 0 Å². The lowest BCUT2D eigenvalue weighted by Gasteiger charge is -2.34. The van der Waals surface area contributed by atoms with Gasteiger partial charge in [0, 0.05) is 25.7 Å². The maximum atomic E-state index is 13.6. The second kappa shape index (κ2) is 10.2. The van der Waals surface area contributed by atoms with Crippen molar-refractivity contribution in [3.63, 3.8) is 0 Å². The molecule has 136 valence electrons. The smallest absolute Gasteiger partial charge is 0.242 e. The molecule has 1 aromatic rings. The average molecular weight is 380 g/mol. The second-order valence-corrected chi connectivity index (χ2v) is 5.80. The molecule has 0 bridgehead atoms. The van der Waals surface area contributed by atoms with E-state index in [2.05, 4.69) is 15.5 Å². The van der Waals surface area contributed by atoms with Gasteiger partial charge in [-0.25, -0.2) is 4.39 Å². The number of halogens is 3. The van der Waals surface area contributed by atoms with Crippen LogP contribution in [0, 0.1) is 5.82 Å². The zero-order valence-electron chi connectivity index (χ0n) is 13.4. The van der Waals surface area contributed by atoms with E-state index in [0.29, 0.717) is 31.9 Å². The molecule has 2 heterocycles. The lowest BCUT2D eigenvalue weighted by molar-refractivity contribution is -0.129. The number of carbonyl (C=O) groups is 1. The molecule has 0 saturated carbocycles. The molecule has 2 fully saturated rings. The van der Waals surface area contributed by atoms with Crippen molar-refractivity contribution in [2.45, 2.75) is 18.5 Å². The van der Waals surface area contributed by atoms with Crippen molar-refractivity contribution in [1.82, 2.24) is 15.5 Å². The lowest BCUT2D eigenvalue weighted by Crippen LogP contribution is -2.48. The highest BCUT2D eigenvalue weighted by Crippen LogP contribution is 2.23. The molecule has 1 amide bonds. The van der Waals surface area contributed by atoms with E-state index in [1.807, 2.05) is 6.07 Å². The van der Waals surface area contributed by atoms with Gasteiger partial charge in [0.05, 0.1) is 13.2 Å². The van der Waals surface area contributed by atoms with Crippen LogP contribution in [0.15, 0.2) is 24.3 Å². The number of ether oxygens (including phenoxy) is 1. The Morgan fingerprint density at radius 2 is 2.08 bits per heavy atom. The van der Waals surface area contributed by atoms with Crippen molar-refractivity contribution >= 4 is 30.7 Å². The summed E-state index contributed by atoms with van der Waals surface area (Å²) in [5.74, 6) is -0.368. The number of amides is 1. The Morgan fingerprint density at radius 3 is 2.71 bits per heavy atom. The number of nitrogens with zero attached hydrogens (tertiary/aromatic N) is 1. The highest BCUT2D eigenvalue weighted by molar-refractivity contribution is 5.85. The third-order valence-electron chi connectivity index (χ3n) is 4.23. The third-order valence-corrected chi connectivity index (χ3v) is 4.23. The maximum absolute atomic E-state index is 13.6. The summed E-state index contributed by atoms with van der Waals surface area (Å²) in [7, 11) is 0. The van der Waals surface area contributed by atoms with Crippen LogP contribution < -0.4 is 10.6 Å². The first-order valence-corrected chi connectivity index (χ1v) is 7.82. The van der Waals surface area contributed by atoms with Gasteiger partial charge in [-0.2, -0.15) is 0 Å². The lowest BCUT2D eigenvalue weighted by atomic mass is 10.0. The predicted octanol–water partition coefficient (Wildman–Crippen LogP) is 1.52. The fourth-order valence-electron chi connectivity index (χ4n) is 3.10. The Labute approximate surface area is 154 Å². The zero-order chi connectivity index (χ0) is 15.4. The molecule has 3 rings (SSSR count). The molecule has 2 aliphatic heterocycles. The third kappa shape index (κ3) is 5.29. The molecule has 2 N–H and O–H groups in total. The molecule has 1 aromatic carbocycles. The number of benzene rings is 1. The summed E-state index contributed by atoms with van der Waals surface area (Å²) in [6.45, 7) is 4.28. The first-order chi connectivity index (χ1) is 10.7. The number of hydrogen-bond donors (Lipinski definition) is 2. The second-order valence-electron chi connectivity index (χ2n) is 5.80. The van der Waals surface area contributed by atoms with Gasteiger partial charge < -0.3 is 15.4 Å². The van der Waals surface area contributed by atoms with Gasteiger partial charge in [-0.05, 0) is 30.7 Å². The van der Waals surface area contributed by atoms with E-state index in [-0.39, 0.29) is 42.6 Å². The van der Waals surface area contributed by atoms with E-state index in [9.17, 15) is 9.18 Å². The molecular formula is C16H24Cl2FN3O2. The van der Waals surface area contributed by atoms with Crippen LogP contribution in [0.25, 0.3) is 0 Å². The average Bonchev–Trinajstić information content (AvgIpc) is 3.01. The summed E-state index contributed by atoms with van der Waals surface area (Å²) in [5, 5.41) is 6.32. The van der Waals surface area contributed by atoms with Gasteiger partial charge in [-0.1, -0.05) is 12.1 Å².